The number of hydrogen-bond donors (Lipinski definition) is 0. The normalized spacial score (nSPS) is 21.4. The number of piperidine rings is 1. The Kier molecular flexibility index (Phi) is 4.73. The first-order valence-corrected chi connectivity index (χ1v) is 11.0. The van der Waals surface area contributed by atoms with E-state index >= 15 is 0 Å². The van der Waals surface area contributed by atoms with Crippen molar-refractivity contribution in [3.05, 3.63) is 40.7 Å². The molecular formula is C18H22N4O4S. The first-order valence-electron chi connectivity index (χ1n) is 9.15. The van der Waals surface area contributed by atoms with Gasteiger partial charge in [0.25, 0.3) is 5.69 Å². The van der Waals surface area contributed by atoms with E-state index in [0.717, 1.165) is 37.0 Å². The van der Waals surface area contributed by atoms with Crippen LogP contribution in [0, 0.1) is 10.1 Å². The number of nitro groups is 1. The van der Waals surface area contributed by atoms with Crippen LogP contribution < -0.4 is 4.90 Å². The molecule has 2 fully saturated rings. The van der Waals surface area contributed by atoms with Gasteiger partial charge in [0.2, 0.25) is 0 Å². The monoisotopic (exact) mass is 390 g/mol. The summed E-state index contributed by atoms with van der Waals surface area (Å²) in [5.74, 6) is 0.514. The Morgan fingerprint density at radius 1 is 1.04 bits per heavy atom. The molecule has 2 saturated heterocycles. The topological polar surface area (TPSA) is 96.6 Å². The van der Waals surface area contributed by atoms with E-state index in [-0.39, 0.29) is 22.1 Å². The minimum atomic E-state index is -2.86. The van der Waals surface area contributed by atoms with Crippen molar-refractivity contribution in [3.8, 4) is 0 Å². The van der Waals surface area contributed by atoms with Crippen molar-refractivity contribution in [3.63, 3.8) is 0 Å². The lowest BCUT2D eigenvalue weighted by Gasteiger charge is -2.41. The smallest absolute Gasteiger partial charge is 0.278 e. The molecule has 0 radical (unpaired) electrons. The summed E-state index contributed by atoms with van der Waals surface area (Å²) in [5.41, 5.74) is 1.07. The van der Waals surface area contributed by atoms with E-state index in [1.54, 1.807) is 18.5 Å². The summed E-state index contributed by atoms with van der Waals surface area (Å²) >= 11 is 0. The van der Waals surface area contributed by atoms with Gasteiger partial charge in [-0.15, -0.1) is 0 Å². The molecule has 0 amide bonds. The molecule has 8 nitrogen and oxygen atoms in total. The molecule has 0 bridgehead atoms. The maximum Gasteiger partial charge on any atom is 0.278 e. The Bertz CT molecular complexity index is 956. The summed E-state index contributed by atoms with van der Waals surface area (Å²) in [5, 5.41) is 12.7. The summed E-state index contributed by atoms with van der Waals surface area (Å²) in [6, 6.07) is 5.62. The zero-order valence-electron chi connectivity index (χ0n) is 15.0. The number of anilines is 1. The Morgan fingerprint density at radius 2 is 1.74 bits per heavy atom. The van der Waals surface area contributed by atoms with Crippen molar-refractivity contribution in [2.75, 3.05) is 42.6 Å². The second-order valence-electron chi connectivity index (χ2n) is 7.19. The van der Waals surface area contributed by atoms with Gasteiger partial charge in [-0.05, 0) is 25.0 Å². The number of hydrogen-bond acceptors (Lipinski definition) is 7. The first-order chi connectivity index (χ1) is 12.9. The summed E-state index contributed by atoms with van der Waals surface area (Å²) in [6.07, 6.45) is 5.14. The lowest BCUT2D eigenvalue weighted by Crippen LogP contribution is -2.50. The Balaban J connectivity index is 1.50. The molecule has 2 aromatic rings. The third kappa shape index (κ3) is 3.61. The van der Waals surface area contributed by atoms with Crippen molar-refractivity contribution in [2.24, 2.45) is 0 Å². The molecular weight excluding hydrogens is 368 g/mol. The molecule has 0 N–H and O–H groups in total. The number of sulfone groups is 1. The van der Waals surface area contributed by atoms with Crippen molar-refractivity contribution in [2.45, 2.75) is 18.9 Å². The van der Waals surface area contributed by atoms with Crippen LogP contribution in [0.15, 0.2) is 30.6 Å². The van der Waals surface area contributed by atoms with Crippen LogP contribution in [0.4, 0.5) is 11.4 Å². The maximum absolute atomic E-state index is 11.6. The number of rotatable bonds is 3. The van der Waals surface area contributed by atoms with Crippen molar-refractivity contribution in [1.29, 1.82) is 0 Å². The molecule has 9 heteroatoms. The highest BCUT2D eigenvalue weighted by Gasteiger charge is 2.30. The molecule has 4 rings (SSSR count). The molecule has 2 aliphatic rings. The standard InChI is InChI=1S/C18H22N4O4S/c23-22(24)18-2-1-17(15-3-6-19-13-16(15)18)21-7-4-14(5-8-21)20-9-11-27(25,26)12-10-20/h1-3,6,13-14H,4-5,7-12H2. The average Bonchev–Trinajstić information content (AvgIpc) is 2.67. The Labute approximate surface area is 157 Å². The van der Waals surface area contributed by atoms with Gasteiger partial charge in [-0.25, -0.2) is 8.42 Å². The minimum absolute atomic E-state index is 0.0752. The highest BCUT2D eigenvalue weighted by atomic mass is 32.2. The van der Waals surface area contributed by atoms with Crippen LogP contribution in [0.25, 0.3) is 10.8 Å². The fourth-order valence-corrected chi connectivity index (χ4v) is 5.39. The number of nitro benzene ring substituents is 1. The lowest BCUT2D eigenvalue weighted by molar-refractivity contribution is -0.383. The summed E-state index contributed by atoms with van der Waals surface area (Å²) in [7, 11) is -2.86. The number of pyridine rings is 1. The van der Waals surface area contributed by atoms with E-state index in [2.05, 4.69) is 14.8 Å². The molecule has 3 heterocycles. The zero-order chi connectivity index (χ0) is 19.0. The highest BCUT2D eigenvalue weighted by molar-refractivity contribution is 7.91. The van der Waals surface area contributed by atoms with E-state index < -0.39 is 9.84 Å². The average molecular weight is 390 g/mol. The first kappa shape index (κ1) is 18.1. The summed E-state index contributed by atoms with van der Waals surface area (Å²) < 4.78 is 23.3. The van der Waals surface area contributed by atoms with Crippen LogP contribution in [0.1, 0.15) is 12.8 Å². The second-order valence-corrected chi connectivity index (χ2v) is 9.49. The Morgan fingerprint density at radius 3 is 2.41 bits per heavy atom. The molecule has 0 aliphatic carbocycles. The predicted octanol–water partition coefficient (Wildman–Crippen LogP) is 1.84. The molecule has 0 unspecified atom stereocenters. The van der Waals surface area contributed by atoms with E-state index in [1.165, 1.54) is 0 Å². The fraction of sp³-hybridized carbons (Fsp3) is 0.500. The lowest BCUT2D eigenvalue weighted by atomic mass is 10.0. The third-order valence-electron chi connectivity index (χ3n) is 5.67. The number of nitrogens with zero attached hydrogens (tertiary/aromatic N) is 4. The van der Waals surface area contributed by atoms with E-state index in [0.29, 0.717) is 24.5 Å². The largest absolute Gasteiger partial charge is 0.371 e. The van der Waals surface area contributed by atoms with E-state index in [4.69, 9.17) is 0 Å². The molecule has 27 heavy (non-hydrogen) atoms. The number of aromatic nitrogens is 1. The predicted molar refractivity (Wildman–Crippen MR) is 104 cm³/mol. The molecule has 2 aliphatic heterocycles. The molecule has 1 aromatic heterocycles. The third-order valence-corrected chi connectivity index (χ3v) is 7.28. The number of fused-ring (bicyclic) bond motifs is 1. The number of non-ortho nitro benzene ring substituents is 1. The maximum atomic E-state index is 11.6. The fourth-order valence-electron chi connectivity index (χ4n) is 4.16. The van der Waals surface area contributed by atoms with Crippen LogP contribution in [0.3, 0.4) is 0 Å². The molecule has 0 atom stereocenters. The Hall–Kier alpha value is -2.26. The van der Waals surface area contributed by atoms with Crippen molar-refractivity contribution < 1.29 is 13.3 Å². The SMILES string of the molecule is O=[N+]([O-])c1ccc(N2CCC(N3CCS(=O)(=O)CC3)CC2)c2ccncc12. The highest BCUT2D eigenvalue weighted by Crippen LogP contribution is 2.34. The van der Waals surface area contributed by atoms with Crippen molar-refractivity contribution >= 4 is 32.0 Å². The second kappa shape index (κ2) is 7.05. The van der Waals surface area contributed by atoms with E-state index in [1.807, 2.05) is 12.1 Å². The molecule has 0 saturated carbocycles. The number of benzene rings is 1. The molecule has 0 spiro atoms. The molecule has 1 aromatic carbocycles. The van der Waals surface area contributed by atoms with Crippen LogP contribution in [-0.4, -0.2) is 67.0 Å². The molecule has 144 valence electrons. The van der Waals surface area contributed by atoms with Gasteiger partial charge < -0.3 is 4.90 Å². The van der Waals surface area contributed by atoms with Gasteiger partial charge in [0.15, 0.2) is 9.84 Å². The van der Waals surface area contributed by atoms with Crippen LogP contribution in [0.5, 0.6) is 0 Å². The van der Waals surface area contributed by atoms with Gasteiger partial charge in [-0.3, -0.25) is 20.0 Å². The van der Waals surface area contributed by atoms with E-state index in [9.17, 15) is 18.5 Å². The van der Waals surface area contributed by atoms with Gasteiger partial charge in [-0.2, -0.15) is 0 Å². The van der Waals surface area contributed by atoms with Gasteiger partial charge in [-0.1, -0.05) is 0 Å². The van der Waals surface area contributed by atoms with Crippen LogP contribution >= 0.6 is 0 Å². The van der Waals surface area contributed by atoms with Gasteiger partial charge >= 0.3 is 0 Å². The van der Waals surface area contributed by atoms with Gasteiger partial charge in [0, 0.05) is 61.8 Å². The van der Waals surface area contributed by atoms with Crippen LogP contribution in [0.2, 0.25) is 0 Å². The van der Waals surface area contributed by atoms with Crippen LogP contribution in [-0.2, 0) is 9.84 Å². The minimum Gasteiger partial charge on any atom is -0.371 e. The quantitative estimate of drug-likeness (QED) is 0.583. The summed E-state index contributed by atoms with van der Waals surface area (Å²) in [4.78, 5) is 19.5. The van der Waals surface area contributed by atoms with Crippen molar-refractivity contribution in [1.82, 2.24) is 9.88 Å². The zero-order valence-corrected chi connectivity index (χ0v) is 15.8. The van der Waals surface area contributed by atoms with Gasteiger partial charge in [0.05, 0.1) is 21.8 Å². The summed E-state index contributed by atoms with van der Waals surface area (Å²) in [6.45, 7) is 2.95. The van der Waals surface area contributed by atoms with Gasteiger partial charge in [0.1, 0.15) is 0 Å².